The SMILES string of the molecule is Clc1ccccc1[C@@H]1Nc2ccc(Br)cc2[C@@H]2C=CC[C@@H]21. The van der Waals surface area contributed by atoms with Gasteiger partial charge in [0.05, 0.1) is 6.04 Å². The fourth-order valence-corrected chi connectivity index (χ4v) is 4.23. The molecule has 1 heterocycles. The highest BCUT2D eigenvalue weighted by Crippen LogP contribution is 2.51. The van der Waals surface area contributed by atoms with Gasteiger partial charge in [-0.05, 0) is 47.7 Å². The molecule has 0 spiro atoms. The van der Waals surface area contributed by atoms with E-state index in [-0.39, 0.29) is 6.04 Å². The van der Waals surface area contributed by atoms with E-state index in [1.165, 1.54) is 16.8 Å². The Kier molecular flexibility index (Phi) is 3.31. The zero-order chi connectivity index (χ0) is 14.4. The van der Waals surface area contributed by atoms with E-state index in [1.807, 2.05) is 12.1 Å². The Hall–Kier alpha value is -1.25. The van der Waals surface area contributed by atoms with Gasteiger partial charge < -0.3 is 5.32 Å². The molecule has 4 rings (SSSR count). The van der Waals surface area contributed by atoms with Gasteiger partial charge in [0.15, 0.2) is 0 Å². The maximum absolute atomic E-state index is 6.43. The van der Waals surface area contributed by atoms with Crippen LogP contribution in [0.3, 0.4) is 0 Å². The summed E-state index contributed by atoms with van der Waals surface area (Å²) in [4.78, 5) is 0. The van der Waals surface area contributed by atoms with Gasteiger partial charge in [-0.2, -0.15) is 0 Å². The molecule has 1 N–H and O–H groups in total. The lowest BCUT2D eigenvalue weighted by molar-refractivity contribution is 0.425. The summed E-state index contributed by atoms with van der Waals surface area (Å²) in [6.45, 7) is 0. The number of anilines is 1. The first-order valence-corrected chi connectivity index (χ1v) is 8.38. The molecule has 2 aliphatic rings. The number of fused-ring (bicyclic) bond motifs is 3. The molecule has 0 fully saturated rings. The Morgan fingerprint density at radius 3 is 2.81 bits per heavy atom. The highest BCUT2D eigenvalue weighted by molar-refractivity contribution is 9.10. The fourth-order valence-electron chi connectivity index (χ4n) is 3.60. The monoisotopic (exact) mass is 359 g/mol. The molecule has 1 nitrogen and oxygen atoms in total. The van der Waals surface area contributed by atoms with Crippen molar-refractivity contribution in [1.82, 2.24) is 0 Å². The van der Waals surface area contributed by atoms with Gasteiger partial charge in [0.1, 0.15) is 0 Å². The molecule has 3 atom stereocenters. The zero-order valence-electron chi connectivity index (χ0n) is 11.4. The van der Waals surface area contributed by atoms with Crippen molar-refractivity contribution in [2.75, 3.05) is 5.32 Å². The smallest absolute Gasteiger partial charge is 0.0568 e. The quantitative estimate of drug-likeness (QED) is 0.622. The third kappa shape index (κ3) is 2.21. The van der Waals surface area contributed by atoms with Crippen LogP contribution >= 0.6 is 27.5 Å². The van der Waals surface area contributed by atoms with Crippen molar-refractivity contribution in [2.24, 2.45) is 5.92 Å². The van der Waals surface area contributed by atoms with Crippen molar-refractivity contribution in [1.29, 1.82) is 0 Å². The standard InChI is InChI=1S/C18H15BrClN/c19-11-8-9-17-15(10-11)12-5-3-6-13(12)18(21-17)14-4-1-2-7-16(14)20/h1-5,7-10,12-13,18,21H,6H2/t12-,13+,18-/m1/s1. The van der Waals surface area contributed by atoms with E-state index in [2.05, 4.69) is 63.7 Å². The lowest BCUT2D eigenvalue weighted by Crippen LogP contribution is -2.29. The normalized spacial score (nSPS) is 26.1. The minimum atomic E-state index is 0.271. The molecule has 0 saturated carbocycles. The third-order valence-corrected chi connectivity index (χ3v) is 5.40. The van der Waals surface area contributed by atoms with Crippen molar-refractivity contribution >= 4 is 33.2 Å². The average molecular weight is 361 g/mol. The highest BCUT2D eigenvalue weighted by Gasteiger charge is 2.38. The number of nitrogens with one attached hydrogen (secondary N) is 1. The van der Waals surface area contributed by atoms with Crippen LogP contribution in [0.4, 0.5) is 5.69 Å². The predicted molar refractivity (Wildman–Crippen MR) is 91.9 cm³/mol. The van der Waals surface area contributed by atoms with Crippen molar-refractivity contribution in [2.45, 2.75) is 18.4 Å². The molecular weight excluding hydrogens is 346 g/mol. The fraction of sp³-hybridized carbons (Fsp3) is 0.222. The van der Waals surface area contributed by atoms with E-state index in [4.69, 9.17) is 11.6 Å². The number of allylic oxidation sites excluding steroid dienone is 2. The van der Waals surface area contributed by atoms with E-state index < -0.39 is 0 Å². The van der Waals surface area contributed by atoms with Gasteiger partial charge in [0.2, 0.25) is 0 Å². The molecule has 0 radical (unpaired) electrons. The lowest BCUT2D eigenvalue weighted by atomic mass is 9.77. The van der Waals surface area contributed by atoms with Crippen molar-refractivity contribution in [3.8, 4) is 0 Å². The summed E-state index contributed by atoms with van der Waals surface area (Å²) < 4.78 is 1.14. The summed E-state index contributed by atoms with van der Waals surface area (Å²) in [5, 5.41) is 4.56. The summed E-state index contributed by atoms with van der Waals surface area (Å²) in [6, 6.07) is 14.9. The highest BCUT2D eigenvalue weighted by atomic mass is 79.9. The molecule has 0 bridgehead atoms. The molecule has 3 heteroatoms. The molecule has 2 aromatic carbocycles. The second-order valence-electron chi connectivity index (χ2n) is 5.73. The van der Waals surface area contributed by atoms with Crippen molar-refractivity contribution < 1.29 is 0 Å². The van der Waals surface area contributed by atoms with E-state index >= 15 is 0 Å². The van der Waals surface area contributed by atoms with Gasteiger partial charge in [0.25, 0.3) is 0 Å². The summed E-state index contributed by atoms with van der Waals surface area (Å²) in [6.07, 6.45) is 5.75. The van der Waals surface area contributed by atoms with Crippen molar-refractivity contribution in [3.63, 3.8) is 0 Å². The number of rotatable bonds is 1. The second kappa shape index (κ2) is 5.19. The molecule has 1 aliphatic carbocycles. The lowest BCUT2D eigenvalue weighted by Gasteiger charge is -2.38. The van der Waals surface area contributed by atoms with Crippen LogP contribution in [-0.2, 0) is 0 Å². The van der Waals surface area contributed by atoms with Crippen LogP contribution in [0.5, 0.6) is 0 Å². The average Bonchev–Trinajstić information content (AvgIpc) is 2.97. The molecule has 1 aliphatic heterocycles. The van der Waals surface area contributed by atoms with Crippen LogP contribution in [0, 0.1) is 5.92 Å². The van der Waals surface area contributed by atoms with Gasteiger partial charge in [-0.1, -0.05) is 57.9 Å². The minimum absolute atomic E-state index is 0.271. The summed E-state index contributed by atoms with van der Waals surface area (Å²) in [7, 11) is 0. The molecule has 0 saturated heterocycles. The van der Waals surface area contributed by atoms with Crippen LogP contribution in [0.2, 0.25) is 5.02 Å². The molecule has 2 aromatic rings. The van der Waals surface area contributed by atoms with Gasteiger partial charge in [-0.15, -0.1) is 0 Å². The maximum atomic E-state index is 6.43. The summed E-state index contributed by atoms with van der Waals surface area (Å²) in [5.41, 5.74) is 3.80. The van der Waals surface area contributed by atoms with E-state index in [0.717, 1.165) is 15.9 Å². The predicted octanol–water partition coefficient (Wildman–Crippen LogP) is 5.93. The van der Waals surface area contributed by atoms with Crippen LogP contribution in [0.15, 0.2) is 59.1 Å². The van der Waals surface area contributed by atoms with Gasteiger partial charge in [0, 0.05) is 21.1 Å². The minimum Gasteiger partial charge on any atom is -0.378 e. The first kappa shape index (κ1) is 13.4. The number of halogens is 2. The Morgan fingerprint density at radius 1 is 1.10 bits per heavy atom. The van der Waals surface area contributed by atoms with Crippen molar-refractivity contribution in [3.05, 3.63) is 75.2 Å². The first-order chi connectivity index (χ1) is 10.2. The molecule has 21 heavy (non-hydrogen) atoms. The van der Waals surface area contributed by atoms with E-state index in [0.29, 0.717) is 11.8 Å². The molecule has 0 unspecified atom stereocenters. The third-order valence-electron chi connectivity index (χ3n) is 4.57. The largest absolute Gasteiger partial charge is 0.378 e. The number of benzene rings is 2. The van der Waals surface area contributed by atoms with E-state index in [1.54, 1.807) is 0 Å². The molecule has 0 amide bonds. The van der Waals surface area contributed by atoms with E-state index in [9.17, 15) is 0 Å². The van der Waals surface area contributed by atoms with Crippen LogP contribution in [-0.4, -0.2) is 0 Å². The van der Waals surface area contributed by atoms with Gasteiger partial charge in [-0.3, -0.25) is 0 Å². The Balaban J connectivity index is 1.82. The molecular formula is C18H15BrClN. The Bertz CT molecular complexity index is 725. The zero-order valence-corrected chi connectivity index (χ0v) is 13.7. The maximum Gasteiger partial charge on any atom is 0.0568 e. The Labute approximate surface area is 138 Å². The summed E-state index contributed by atoms with van der Waals surface area (Å²) >= 11 is 10.0. The van der Waals surface area contributed by atoms with Crippen LogP contribution in [0.25, 0.3) is 0 Å². The number of hydrogen-bond donors (Lipinski definition) is 1. The first-order valence-electron chi connectivity index (χ1n) is 7.21. The molecule has 106 valence electrons. The Morgan fingerprint density at radius 2 is 1.95 bits per heavy atom. The van der Waals surface area contributed by atoms with Crippen LogP contribution in [0.1, 0.15) is 29.5 Å². The second-order valence-corrected chi connectivity index (χ2v) is 7.05. The topological polar surface area (TPSA) is 12.0 Å². The van der Waals surface area contributed by atoms with Gasteiger partial charge in [-0.25, -0.2) is 0 Å². The van der Waals surface area contributed by atoms with Gasteiger partial charge >= 0.3 is 0 Å². The summed E-state index contributed by atoms with van der Waals surface area (Å²) in [5.74, 6) is 1.01. The molecule has 0 aromatic heterocycles. The number of hydrogen-bond acceptors (Lipinski definition) is 1. The van der Waals surface area contributed by atoms with Crippen LogP contribution < -0.4 is 5.32 Å².